The van der Waals surface area contributed by atoms with Crippen molar-refractivity contribution in [1.82, 2.24) is 30.4 Å². The van der Waals surface area contributed by atoms with Gasteiger partial charge in [0.25, 0.3) is 5.91 Å². The van der Waals surface area contributed by atoms with Crippen molar-refractivity contribution in [3.8, 4) is 0 Å². The fraction of sp³-hybridized carbons (Fsp3) is 0.127. The first-order chi connectivity index (χ1) is 38.7. The van der Waals surface area contributed by atoms with Gasteiger partial charge in [0, 0.05) is 13.9 Å². The van der Waals surface area contributed by atoms with Gasteiger partial charge in [0.05, 0.1) is 5.75 Å². The van der Waals surface area contributed by atoms with Gasteiger partial charge in [0.15, 0.2) is 36.2 Å². The number of nitrogens with zero attached hydrogens (tertiary/aromatic N) is 5. The number of Topliss-reactive ketones (excluding diaryl/α,β-unsaturated/α-hetero) is 1. The van der Waals surface area contributed by atoms with Crippen LogP contribution in [0.15, 0.2) is 248 Å². The van der Waals surface area contributed by atoms with Gasteiger partial charge in [0.2, 0.25) is 11.1 Å². The van der Waals surface area contributed by atoms with E-state index in [-0.39, 0.29) is 11.2 Å². The van der Waals surface area contributed by atoms with Crippen molar-refractivity contribution < 1.29 is 38.2 Å². The predicted octanol–water partition coefficient (Wildman–Crippen LogP) is 8.11. The summed E-state index contributed by atoms with van der Waals surface area (Å²) in [4.78, 5) is 77.5. The van der Waals surface area contributed by atoms with Crippen LogP contribution in [0.5, 0.6) is 0 Å². The average Bonchev–Trinajstić information content (AvgIpc) is 4.06. The van der Waals surface area contributed by atoms with Gasteiger partial charge in [-0.3, -0.25) is 24.1 Å². The van der Waals surface area contributed by atoms with Crippen molar-refractivity contribution in [3.05, 3.63) is 270 Å². The fourth-order valence-electron chi connectivity index (χ4n) is 9.66. The summed E-state index contributed by atoms with van der Waals surface area (Å²) in [5, 5.41) is 16.9. The number of tetrazole rings is 1. The predicted molar refractivity (Wildman–Crippen MR) is 304 cm³/mol. The van der Waals surface area contributed by atoms with Crippen LogP contribution in [0.1, 0.15) is 45.9 Å². The molecule has 14 nitrogen and oxygen atoms in total. The SMILES string of the molecule is Cn1nnnc1SCC(=O)CO[C@@H]1[C@H](NC(=O)C(C(=O)OC(c2ccccc2)c2ccccc2)c2ccccc2)C(=O)N1C(C(=O)OC(c1ccccc1)c1ccccc1)=P(c1ccccc1)(c1ccccc1)c1ccccc1. The Balaban J connectivity index is 1.12. The van der Waals surface area contributed by atoms with Crippen LogP contribution in [0.2, 0.25) is 0 Å². The number of aryl methyl sites for hydroxylation is 1. The smallest absolute Gasteiger partial charge is 0.357 e. The molecule has 394 valence electrons. The lowest BCUT2D eigenvalue weighted by Crippen LogP contribution is -2.75. The molecule has 79 heavy (non-hydrogen) atoms. The summed E-state index contributed by atoms with van der Waals surface area (Å²) in [7, 11) is 1.65. The summed E-state index contributed by atoms with van der Waals surface area (Å²) in [6, 6.07) is 72.2. The number of nitrogens with one attached hydrogen (secondary N) is 1. The summed E-state index contributed by atoms with van der Waals surface area (Å²) in [6.07, 6.45) is -3.40. The first-order valence-electron chi connectivity index (χ1n) is 25.4. The number of ether oxygens (including phenoxy) is 3. The van der Waals surface area contributed by atoms with Gasteiger partial charge >= 0.3 is 11.9 Å². The molecule has 16 heteroatoms. The maximum atomic E-state index is 16.3. The highest BCUT2D eigenvalue weighted by Crippen LogP contribution is 2.49. The molecule has 1 aromatic heterocycles. The monoisotopic (exact) mass is 1080 g/mol. The number of likely N-dealkylation sites (tertiary alicyclic amines) is 1. The van der Waals surface area contributed by atoms with Crippen LogP contribution in [-0.4, -0.2) is 84.7 Å². The number of hydrogen-bond donors (Lipinski definition) is 1. The molecule has 0 bridgehead atoms. The van der Waals surface area contributed by atoms with E-state index in [0.717, 1.165) is 11.8 Å². The maximum Gasteiger partial charge on any atom is 0.357 e. The Morgan fingerprint density at radius 2 is 0.949 bits per heavy atom. The highest BCUT2D eigenvalue weighted by Gasteiger charge is 2.56. The van der Waals surface area contributed by atoms with Crippen LogP contribution in [0.3, 0.4) is 0 Å². The molecular weight excluding hydrogens is 1030 g/mol. The number of amides is 2. The third-order valence-corrected chi connectivity index (χ3v) is 18.7. The number of rotatable bonds is 21. The van der Waals surface area contributed by atoms with Crippen LogP contribution < -0.4 is 21.2 Å². The summed E-state index contributed by atoms with van der Waals surface area (Å²) >= 11 is 1.09. The molecule has 8 aromatic carbocycles. The second-order valence-corrected chi connectivity index (χ2v) is 22.7. The Morgan fingerprint density at radius 3 is 1.35 bits per heavy atom. The molecule has 0 radical (unpaired) electrons. The Kier molecular flexibility index (Phi) is 16.9. The zero-order valence-electron chi connectivity index (χ0n) is 42.8. The molecule has 1 aliphatic heterocycles. The molecule has 9 aromatic rings. The summed E-state index contributed by atoms with van der Waals surface area (Å²) < 4.78 is 21.2. The summed E-state index contributed by atoms with van der Waals surface area (Å²) in [5.41, 5.74) is 2.89. The number of hydrogen-bond acceptors (Lipinski definition) is 12. The lowest BCUT2D eigenvalue weighted by molar-refractivity contribution is -0.175. The number of aromatic nitrogens is 4. The number of β-lactam (4-membered cyclic amide) rings is 1. The van der Waals surface area contributed by atoms with Gasteiger partial charge in [-0.2, -0.15) is 0 Å². The normalized spacial score (nSPS) is 14.5. The zero-order valence-corrected chi connectivity index (χ0v) is 44.5. The molecule has 1 N–H and O–H groups in total. The Morgan fingerprint density at radius 1 is 0.557 bits per heavy atom. The van der Waals surface area contributed by atoms with E-state index in [0.29, 0.717) is 48.9 Å². The van der Waals surface area contributed by atoms with Gasteiger partial charge in [-0.25, -0.2) is 9.48 Å². The van der Waals surface area contributed by atoms with Crippen LogP contribution in [0.25, 0.3) is 0 Å². The van der Waals surface area contributed by atoms with Crippen molar-refractivity contribution in [3.63, 3.8) is 0 Å². The van der Waals surface area contributed by atoms with E-state index >= 15 is 14.4 Å². The zero-order chi connectivity index (χ0) is 54.6. The molecule has 1 aliphatic rings. The van der Waals surface area contributed by atoms with E-state index in [2.05, 4.69) is 20.8 Å². The first-order valence-corrected chi connectivity index (χ1v) is 28.2. The van der Waals surface area contributed by atoms with Gasteiger partial charge in [-0.05, 0) is 54.2 Å². The first kappa shape index (κ1) is 53.4. The molecule has 1 unspecified atom stereocenters. The van der Waals surface area contributed by atoms with Crippen molar-refractivity contribution >= 4 is 69.5 Å². The van der Waals surface area contributed by atoms with Crippen LogP contribution in [-0.2, 0) is 45.2 Å². The average molecular weight is 1090 g/mol. The van der Waals surface area contributed by atoms with Crippen molar-refractivity contribution in [2.24, 2.45) is 7.05 Å². The van der Waals surface area contributed by atoms with Crippen LogP contribution >= 0.6 is 18.6 Å². The molecule has 1 fully saturated rings. The van der Waals surface area contributed by atoms with Crippen LogP contribution in [0, 0.1) is 0 Å². The van der Waals surface area contributed by atoms with Crippen LogP contribution in [0.4, 0.5) is 0 Å². The Hall–Kier alpha value is -9.01. The van der Waals surface area contributed by atoms with Crippen molar-refractivity contribution in [2.75, 3.05) is 12.4 Å². The van der Waals surface area contributed by atoms with Crippen molar-refractivity contribution in [1.29, 1.82) is 0 Å². The fourth-order valence-corrected chi connectivity index (χ4v) is 14.7. The molecule has 10 rings (SSSR count). The van der Waals surface area contributed by atoms with E-state index in [4.69, 9.17) is 14.2 Å². The van der Waals surface area contributed by atoms with Gasteiger partial charge < -0.3 is 19.5 Å². The number of carbonyl (C=O) groups is 5. The maximum absolute atomic E-state index is 16.3. The number of benzene rings is 8. The van der Waals surface area contributed by atoms with E-state index < -0.39 is 73.4 Å². The topological polar surface area (TPSA) is 172 Å². The quantitative estimate of drug-likeness (QED) is 0.0241. The van der Waals surface area contributed by atoms with Gasteiger partial charge in [-0.15, -0.1) is 5.10 Å². The second kappa shape index (κ2) is 25.0. The molecule has 2 heterocycles. The number of esters is 2. The standard InChI is InChI=1S/C63H53N6O8PS/c1-68-63(65-66-67-68)79-43-49(70)42-75-59-54(64-57(71)53(44-26-10-2-11-27-44)61(73)76-55(45-28-12-3-13-29-45)46-30-14-4-15-31-46)58(72)69(59)60(62(74)77-56(47-32-16-5-17-33-47)48-34-18-6-19-35-48)78(50-36-20-7-21-37-50,51-38-22-8-23-39-51)52-40-24-9-25-41-52/h2-41,53-56,59H,42-43H2,1H3,(H,64,71)/t53?,54-,59-/m1/s1. The highest BCUT2D eigenvalue weighted by atomic mass is 32.2. The summed E-state index contributed by atoms with van der Waals surface area (Å²) in [6.45, 7) is -4.18. The largest absolute Gasteiger partial charge is 0.452 e. The molecule has 0 aliphatic carbocycles. The molecular formula is C63H53N6O8PS. The lowest BCUT2D eigenvalue weighted by atomic mass is 9.95. The Bertz CT molecular complexity index is 3410. The van der Waals surface area contributed by atoms with Gasteiger partial charge in [-0.1, -0.05) is 254 Å². The third kappa shape index (κ3) is 11.7. The number of ketones is 1. The molecule has 0 saturated carbocycles. The molecule has 0 spiro atoms. The minimum atomic E-state index is -3.61. The molecule has 3 atom stereocenters. The van der Waals surface area contributed by atoms with E-state index in [9.17, 15) is 9.59 Å². The Labute approximate surface area is 461 Å². The highest BCUT2D eigenvalue weighted by molar-refractivity contribution is 7.99. The minimum absolute atomic E-state index is 0.0759. The van der Waals surface area contributed by atoms with E-state index in [1.165, 1.54) is 9.58 Å². The number of thioether (sulfide) groups is 1. The van der Waals surface area contributed by atoms with Crippen molar-refractivity contribution in [2.45, 2.75) is 35.6 Å². The number of carbonyl (C=O) groups excluding carboxylic acids is 5. The molecule has 1 saturated heterocycles. The van der Waals surface area contributed by atoms with E-state index in [1.807, 2.05) is 212 Å². The minimum Gasteiger partial charge on any atom is -0.452 e. The summed E-state index contributed by atoms with van der Waals surface area (Å²) in [5.74, 6) is -5.53. The second-order valence-electron chi connectivity index (χ2n) is 18.4. The van der Waals surface area contributed by atoms with E-state index in [1.54, 1.807) is 37.4 Å². The molecule has 2 amide bonds. The lowest BCUT2D eigenvalue weighted by Gasteiger charge is -2.49. The third-order valence-electron chi connectivity index (χ3n) is 13.4. The van der Waals surface area contributed by atoms with Gasteiger partial charge in [0.1, 0.15) is 12.0 Å².